The fourth-order valence-corrected chi connectivity index (χ4v) is 0. The summed E-state index contributed by atoms with van der Waals surface area (Å²) in [6, 6.07) is 0. The molecule has 1 atom stereocenters. The van der Waals surface area contributed by atoms with E-state index in [4.69, 9.17) is 4.89 Å². The molecule has 4 heavy (non-hydrogen) atoms. The van der Waals surface area contributed by atoms with E-state index < -0.39 is 5.67 Å². The number of rotatable bonds is 0. The summed E-state index contributed by atoms with van der Waals surface area (Å²) in [6.07, 6.45) is 0. The molecule has 2 nitrogen and oxygen atoms in total. The van der Waals surface area contributed by atoms with E-state index in [2.05, 4.69) is 0 Å². The van der Waals surface area contributed by atoms with Crippen LogP contribution >= 0.6 is 27.7 Å². The van der Waals surface area contributed by atoms with Crippen LogP contribution in [0.15, 0.2) is 0 Å². The zero-order valence-corrected chi connectivity index (χ0v) is 4.89. The van der Waals surface area contributed by atoms with Crippen LogP contribution < -0.4 is 0 Å². The Morgan fingerprint density at radius 1 is 2.00 bits per heavy atom. The lowest BCUT2D eigenvalue weighted by atomic mass is 15.9. The quantitative estimate of drug-likeness (QED) is 0.455. The molecule has 0 aliphatic carbocycles. The molecule has 0 aromatic heterocycles. The van der Waals surface area contributed by atoms with E-state index in [-0.39, 0.29) is 0 Å². The molecule has 0 amide bonds. The maximum Gasteiger partial charge on any atom is 0.246 e. The van der Waals surface area contributed by atoms with Gasteiger partial charge in [0, 0.05) is 22.0 Å². The van der Waals surface area contributed by atoms with Crippen molar-refractivity contribution in [1.29, 1.82) is 0 Å². The molecule has 1 N–H and O–H groups in total. The van der Waals surface area contributed by atoms with Crippen molar-refractivity contribution in [2.24, 2.45) is 0 Å². The molecule has 0 saturated heterocycles. The minimum atomic E-state index is -2.16. The summed E-state index contributed by atoms with van der Waals surface area (Å²) < 4.78 is 9.17. The van der Waals surface area contributed by atoms with Gasteiger partial charge in [0.2, 0.25) is 5.67 Å². The molecule has 26 valence electrons. The average molecular weight is 192 g/mol. The summed E-state index contributed by atoms with van der Waals surface area (Å²) in [7, 11) is 0. The standard InChI is InChI=1S/H2IO2P/c1-4(2)3/h4H,(H,2,3). The maximum absolute atomic E-state index is 9.17. The Hall–Kier alpha value is 0.920. The summed E-state index contributed by atoms with van der Waals surface area (Å²) in [5.41, 5.74) is -2.16. The highest BCUT2D eigenvalue weighted by molar-refractivity contribution is 14.2. The van der Waals surface area contributed by atoms with Crippen molar-refractivity contribution >= 4 is 27.7 Å². The fraction of sp³-hybridized carbons (Fsp3) is 0. The van der Waals surface area contributed by atoms with E-state index in [9.17, 15) is 4.57 Å². The zero-order chi connectivity index (χ0) is 3.58. The lowest BCUT2D eigenvalue weighted by Crippen LogP contribution is -1.19. The smallest absolute Gasteiger partial charge is 0.246 e. The highest BCUT2D eigenvalue weighted by Crippen LogP contribution is 2.22. The molecular formula is H2IO2P. The normalized spacial score (nSPS) is 15.5. The molecule has 0 bridgehead atoms. The van der Waals surface area contributed by atoms with Crippen LogP contribution in [0.1, 0.15) is 0 Å². The Labute approximate surface area is 37.6 Å². The topological polar surface area (TPSA) is 37.3 Å². The molecule has 0 rings (SSSR count). The largest absolute Gasteiger partial charge is 0.339 e. The van der Waals surface area contributed by atoms with Gasteiger partial charge in [0.25, 0.3) is 0 Å². The number of halogens is 1. The second-order valence-electron chi connectivity index (χ2n) is 0.253. The van der Waals surface area contributed by atoms with Crippen molar-refractivity contribution in [3.8, 4) is 0 Å². The molecular weight excluding hydrogens is 190 g/mol. The van der Waals surface area contributed by atoms with Gasteiger partial charge in [-0.2, -0.15) is 0 Å². The van der Waals surface area contributed by atoms with Crippen LogP contribution in [0, 0.1) is 0 Å². The molecule has 1 unspecified atom stereocenters. The first kappa shape index (κ1) is 4.92. The van der Waals surface area contributed by atoms with Gasteiger partial charge in [-0.3, -0.25) is 4.57 Å². The molecule has 0 spiro atoms. The third kappa shape index (κ3) is 12.7. The van der Waals surface area contributed by atoms with E-state index in [1.54, 1.807) is 0 Å². The first-order valence-electron chi connectivity index (χ1n) is 0.617. The van der Waals surface area contributed by atoms with E-state index in [1.807, 2.05) is 0 Å². The van der Waals surface area contributed by atoms with Gasteiger partial charge in [-0.15, -0.1) is 0 Å². The first-order valence-corrected chi connectivity index (χ1v) is 5.09. The van der Waals surface area contributed by atoms with Crippen LogP contribution in [0.4, 0.5) is 0 Å². The monoisotopic (exact) mass is 192 g/mol. The van der Waals surface area contributed by atoms with Crippen LogP contribution in [-0.4, -0.2) is 4.89 Å². The summed E-state index contributed by atoms with van der Waals surface area (Å²) in [5, 5.41) is 0. The van der Waals surface area contributed by atoms with E-state index in [0.717, 1.165) is 0 Å². The van der Waals surface area contributed by atoms with Crippen LogP contribution in [0.5, 0.6) is 0 Å². The van der Waals surface area contributed by atoms with Crippen molar-refractivity contribution < 1.29 is 9.46 Å². The molecule has 0 aromatic rings. The highest BCUT2D eigenvalue weighted by atomic mass is 127. The van der Waals surface area contributed by atoms with E-state index in [0.29, 0.717) is 0 Å². The van der Waals surface area contributed by atoms with Crippen LogP contribution in [-0.2, 0) is 4.57 Å². The van der Waals surface area contributed by atoms with Crippen LogP contribution in [0.3, 0.4) is 0 Å². The van der Waals surface area contributed by atoms with Crippen molar-refractivity contribution in [3.63, 3.8) is 0 Å². The van der Waals surface area contributed by atoms with Gasteiger partial charge in [-0.05, 0) is 0 Å². The third-order valence-electron chi connectivity index (χ3n) is 0. The zero-order valence-electron chi connectivity index (χ0n) is 1.73. The number of hydrogen-bond donors (Lipinski definition) is 1. The molecule has 0 heterocycles. The molecule has 4 heteroatoms. The van der Waals surface area contributed by atoms with Crippen molar-refractivity contribution in [1.82, 2.24) is 0 Å². The highest BCUT2D eigenvalue weighted by Gasteiger charge is 1.63. The SMILES string of the molecule is O=[PH](O)I. The van der Waals surface area contributed by atoms with Gasteiger partial charge in [-0.25, -0.2) is 0 Å². The lowest BCUT2D eigenvalue weighted by Gasteiger charge is -1.58. The van der Waals surface area contributed by atoms with Gasteiger partial charge in [0.05, 0.1) is 0 Å². The Morgan fingerprint density at radius 2 is 2.00 bits per heavy atom. The summed E-state index contributed by atoms with van der Waals surface area (Å²) in [5.74, 6) is 0. The van der Waals surface area contributed by atoms with Crippen molar-refractivity contribution in [2.45, 2.75) is 0 Å². The average Bonchev–Trinajstić information content (AvgIpc) is 0.811. The molecule has 0 aromatic carbocycles. The first-order chi connectivity index (χ1) is 1.73. The second kappa shape index (κ2) is 2.18. The van der Waals surface area contributed by atoms with E-state index >= 15 is 0 Å². The molecule has 0 aliphatic heterocycles. The summed E-state index contributed by atoms with van der Waals surface area (Å²) in [6.45, 7) is 0. The minimum absolute atomic E-state index is 1.45. The molecule has 0 fully saturated rings. The van der Waals surface area contributed by atoms with Crippen LogP contribution in [0.2, 0.25) is 0 Å². The summed E-state index contributed by atoms with van der Waals surface area (Å²) in [4.78, 5) is 7.59. The van der Waals surface area contributed by atoms with E-state index in [1.165, 1.54) is 22.0 Å². The Morgan fingerprint density at radius 3 is 2.00 bits per heavy atom. The minimum Gasteiger partial charge on any atom is -0.339 e. The Bertz CT molecular complexity index is 29.0. The predicted octanol–water partition coefficient (Wildman–Crippen LogP) is 0.803. The molecule has 0 saturated carbocycles. The number of hydrogen-bond acceptors (Lipinski definition) is 1. The maximum atomic E-state index is 9.17. The van der Waals surface area contributed by atoms with Gasteiger partial charge >= 0.3 is 0 Å². The van der Waals surface area contributed by atoms with Crippen molar-refractivity contribution in [3.05, 3.63) is 0 Å². The van der Waals surface area contributed by atoms with Gasteiger partial charge in [0.1, 0.15) is 0 Å². The van der Waals surface area contributed by atoms with Gasteiger partial charge in [-0.1, -0.05) is 0 Å². The van der Waals surface area contributed by atoms with Crippen molar-refractivity contribution in [2.75, 3.05) is 0 Å². The lowest BCUT2D eigenvalue weighted by molar-refractivity contribution is 0.522. The predicted molar refractivity (Wildman–Crippen MR) is 25.2 cm³/mol. The summed E-state index contributed by atoms with van der Waals surface area (Å²) >= 11 is 1.45. The van der Waals surface area contributed by atoms with Gasteiger partial charge in [0.15, 0.2) is 0 Å². The third-order valence-corrected chi connectivity index (χ3v) is 0. The molecule has 0 radical (unpaired) electrons. The second-order valence-corrected chi connectivity index (χ2v) is 3.53. The molecule has 0 aliphatic rings. The fourth-order valence-electron chi connectivity index (χ4n) is 0. The van der Waals surface area contributed by atoms with Crippen LogP contribution in [0.25, 0.3) is 0 Å². The Balaban J connectivity index is 2.80. The van der Waals surface area contributed by atoms with Gasteiger partial charge < -0.3 is 4.89 Å². The Kier molecular flexibility index (Phi) is 2.68.